The first-order valence-corrected chi connectivity index (χ1v) is 39.3. The van der Waals surface area contributed by atoms with E-state index in [-0.39, 0.29) is 39.2 Å². The maximum Gasteiger partial charge on any atom is 0.212 e. The van der Waals surface area contributed by atoms with E-state index in [2.05, 4.69) is 74.9 Å². The van der Waals surface area contributed by atoms with Crippen molar-refractivity contribution >= 4 is 108 Å². The zero-order chi connectivity index (χ0) is 71.1. The first-order chi connectivity index (χ1) is 47.5. The predicted molar refractivity (Wildman–Crippen MR) is 379 cm³/mol. The lowest BCUT2D eigenvalue weighted by atomic mass is 10.0. The summed E-state index contributed by atoms with van der Waals surface area (Å²) in [7, 11) is -10.9. The summed E-state index contributed by atoms with van der Waals surface area (Å²) in [5.74, 6) is 0. The average Bonchev–Trinajstić information content (AvgIpc) is 1.59. The minimum atomic E-state index is -3.77. The third-order valence-electron chi connectivity index (χ3n) is 18.0. The minimum absolute atomic E-state index is 0.145. The van der Waals surface area contributed by atoms with Crippen molar-refractivity contribution in [3.63, 3.8) is 0 Å². The highest BCUT2D eigenvalue weighted by atomic mass is 35.5. The number of likely N-dealkylation sites (N-methyl/N-ethyl adjacent to an activating group) is 2. The zero-order valence-electron chi connectivity index (χ0n) is 55.5. The quantitative estimate of drug-likeness (QED) is 0.143. The molecule has 0 amide bonds. The Bertz CT molecular complexity index is 5810. The van der Waals surface area contributed by atoms with Crippen LogP contribution in [0.4, 0.5) is 0 Å². The van der Waals surface area contributed by atoms with E-state index in [9.17, 15) is 33.7 Å². The summed E-state index contributed by atoms with van der Waals surface area (Å²) in [6.07, 6.45) is 6.68. The van der Waals surface area contributed by atoms with Crippen LogP contribution in [0.15, 0.2) is 149 Å². The molecule has 2 N–H and O–H groups in total. The van der Waals surface area contributed by atoms with Gasteiger partial charge < -0.3 is 20.4 Å². The molecule has 12 heterocycles. The molecule has 4 aromatic carbocycles. The molecule has 0 unspecified atom stereocenters. The number of hydrogen-bond acceptors (Lipinski definition) is 20. The van der Waals surface area contributed by atoms with Gasteiger partial charge in [0.1, 0.15) is 19.6 Å². The van der Waals surface area contributed by atoms with Crippen LogP contribution in [0.5, 0.6) is 0 Å². The summed E-state index contributed by atoms with van der Waals surface area (Å²) in [6, 6.07) is 25.1. The molecule has 0 radical (unpaired) electrons. The van der Waals surface area contributed by atoms with Crippen molar-refractivity contribution in [2.24, 2.45) is 0 Å². The predicted octanol–water partition coefficient (Wildman–Crippen LogP) is 9.98. The number of aromatic nitrogens is 12. The molecule has 0 spiro atoms. The second kappa shape index (κ2) is 27.5. The van der Waals surface area contributed by atoms with Gasteiger partial charge in [-0.05, 0) is 128 Å². The maximum atomic E-state index is 13.3. The Balaban J connectivity index is 0.000000120. The van der Waals surface area contributed by atoms with E-state index in [4.69, 9.17) is 46.4 Å². The van der Waals surface area contributed by atoms with Crippen LogP contribution >= 0.6 is 46.4 Å². The third kappa shape index (κ3) is 13.1. The molecule has 4 aliphatic heterocycles. The van der Waals surface area contributed by atoms with Crippen LogP contribution in [0.1, 0.15) is 79.2 Å². The standard InChI is InChI=1S/C18H19ClN4O2S.2C17H17ClN4O2S.C16H15ClN4O2S/c1-11-15-10-22(3)8-7-16(15)23-18(20-11)17(12(2)21-23)26(24,25)14-6-4-5-13(19)9-14;1-11-16(25(23,24)14-5-3-4-13(18)8-14)17-19-9-12-10-21(2)7-6-15(12)22(17)20-11;1-10-14-9-19-7-6-15(14)22-17(20-10)16(11(2)21-22)25(23,24)13-5-3-4-12(18)8-13;1-10-15(24(22,23)13-4-2-3-12(17)7-13)16-19-9-11-8-18-6-5-14(11)21(16)20-10/h4-6,9H,7-8,10H2,1-3H3;3-5,8-9H,6-7,10H2,1-2H3;3-5,8,19H,6-7,9H2,1-2H3;2-4,7,9,18H,5-6,8H2,1H3. The number of sulfone groups is 4. The molecule has 8 aromatic heterocycles. The van der Waals surface area contributed by atoms with Gasteiger partial charge in [-0.1, -0.05) is 70.7 Å². The van der Waals surface area contributed by atoms with Crippen molar-refractivity contribution < 1.29 is 33.7 Å². The van der Waals surface area contributed by atoms with Gasteiger partial charge in [0.2, 0.25) is 39.3 Å². The Labute approximate surface area is 598 Å². The van der Waals surface area contributed by atoms with Crippen LogP contribution in [-0.2, 0) is 91.2 Å². The SMILES string of the molecule is Cc1nc2c(S(=O)(=O)c3cccc(Cl)c3)c(C)nn2c2c1CN(C)CC2.Cc1nc2c(S(=O)(=O)c3cccc(Cl)c3)c(C)nn2c2c1CNCC2.Cc1nn2c3c(cnc2c1S(=O)(=O)c1cccc(Cl)c1)CN(C)CC3.Cc1nn2c3c(cnc2c1S(=O)(=O)c1cccc(Cl)c1)CNCC3. The summed E-state index contributed by atoms with van der Waals surface area (Å²) in [6.45, 7) is 17.1. The molecule has 0 atom stereocenters. The van der Waals surface area contributed by atoms with Crippen molar-refractivity contribution in [3.05, 3.63) is 209 Å². The van der Waals surface area contributed by atoms with Crippen molar-refractivity contribution in [2.45, 2.75) is 133 Å². The highest BCUT2D eigenvalue weighted by Crippen LogP contribution is 2.36. The lowest BCUT2D eigenvalue weighted by molar-refractivity contribution is 0.306. The normalized spacial score (nSPS) is 15.1. The summed E-state index contributed by atoms with van der Waals surface area (Å²) >= 11 is 23.9. The summed E-state index contributed by atoms with van der Waals surface area (Å²) in [5, 5.41) is 26.1. The Morgan fingerprint density at radius 2 is 0.710 bits per heavy atom. The topological polar surface area (TPSA) is 288 Å². The fraction of sp³-hybridized carbons (Fsp3) is 0.294. The second-order valence-corrected chi connectivity index (χ2v) is 34.3. The molecule has 32 heteroatoms. The van der Waals surface area contributed by atoms with E-state index in [1.807, 2.05) is 13.8 Å². The number of nitrogens with zero attached hydrogens (tertiary/aromatic N) is 14. The first kappa shape index (κ1) is 70.6. The molecule has 16 rings (SSSR count). The van der Waals surface area contributed by atoms with Crippen LogP contribution in [0, 0.1) is 41.5 Å². The van der Waals surface area contributed by atoms with Crippen molar-refractivity contribution in [1.29, 1.82) is 0 Å². The van der Waals surface area contributed by atoms with Crippen LogP contribution in [0.2, 0.25) is 20.1 Å². The monoisotopic (exact) mass is 1500 g/mol. The maximum absolute atomic E-state index is 13.3. The van der Waals surface area contributed by atoms with E-state index in [1.165, 1.54) is 36.4 Å². The van der Waals surface area contributed by atoms with Gasteiger partial charge in [0, 0.05) is 144 Å². The lowest BCUT2D eigenvalue weighted by Gasteiger charge is -2.26. The number of benzene rings is 4. The van der Waals surface area contributed by atoms with E-state index >= 15 is 0 Å². The second-order valence-electron chi connectivity index (χ2n) is 25.0. The van der Waals surface area contributed by atoms with Gasteiger partial charge in [-0.15, -0.1) is 0 Å². The van der Waals surface area contributed by atoms with E-state index < -0.39 is 39.3 Å². The van der Waals surface area contributed by atoms with Gasteiger partial charge in [0.05, 0.1) is 65.1 Å². The molecule has 0 fully saturated rings. The number of rotatable bonds is 8. The Morgan fingerprint density at radius 3 is 1.13 bits per heavy atom. The van der Waals surface area contributed by atoms with Gasteiger partial charge in [0.15, 0.2) is 22.6 Å². The Morgan fingerprint density at radius 1 is 0.380 bits per heavy atom. The summed E-state index contributed by atoms with van der Waals surface area (Å²) in [4.78, 5) is 23.6. The molecule has 0 saturated heterocycles. The average molecular weight is 1510 g/mol. The van der Waals surface area contributed by atoms with Gasteiger partial charge in [0.25, 0.3) is 0 Å². The van der Waals surface area contributed by atoms with Gasteiger partial charge in [-0.25, -0.2) is 71.7 Å². The van der Waals surface area contributed by atoms with E-state index in [1.54, 1.807) is 119 Å². The van der Waals surface area contributed by atoms with Crippen molar-refractivity contribution in [1.82, 2.24) is 78.8 Å². The molecule has 0 aliphatic carbocycles. The molecule has 100 heavy (non-hydrogen) atoms. The minimum Gasteiger partial charge on any atom is -0.312 e. The lowest BCUT2D eigenvalue weighted by Crippen LogP contribution is -2.29. The number of fused-ring (bicyclic) bond motifs is 12. The Kier molecular flexibility index (Phi) is 19.4. The fourth-order valence-corrected chi connectivity index (χ4v) is 20.5. The fourth-order valence-electron chi connectivity index (χ4n) is 13.2. The highest BCUT2D eigenvalue weighted by molar-refractivity contribution is 7.92. The van der Waals surface area contributed by atoms with Crippen molar-refractivity contribution in [3.8, 4) is 0 Å². The van der Waals surface area contributed by atoms with Gasteiger partial charge in [-0.2, -0.15) is 20.4 Å². The van der Waals surface area contributed by atoms with Crippen LogP contribution in [-0.4, -0.2) is 142 Å². The number of nitrogens with one attached hydrogen (secondary N) is 2. The summed E-state index contributed by atoms with van der Waals surface area (Å²) < 4.78 is 112. The molecule has 520 valence electrons. The smallest absolute Gasteiger partial charge is 0.212 e. The molecule has 4 aliphatic rings. The zero-order valence-corrected chi connectivity index (χ0v) is 61.8. The van der Waals surface area contributed by atoms with Crippen molar-refractivity contribution in [2.75, 3.05) is 40.3 Å². The van der Waals surface area contributed by atoms with Crippen LogP contribution < -0.4 is 10.6 Å². The molecule has 12 aromatic rings. The summed E-state index contributed by atoms with van der Waals surface area (Å²) in [5.41, 5.74) is 13.4. The van der Waals surface area contributed by atoms with Crippen LogP contribution in [0.3, 0.4) is 0 Å². The van der Waals surface area contributed by atoms with Crippen LogP contribution in [0.25, 0.3) is 22.6 Å². The molecule has 24 nitrogen and oxygen atoms in total. The molecule has 0 bridgehead atoms. The number of halogens is 4. The first-order valence-electron chi connectivity index (χ1n) is 31.8. The third-order valence-corrected chi connectivity index (χ3v) is 26.5. The van der Waals surface area contributed by atoms with E-state index in [0.29, 0.717) is 72.0 Å². The largest absolute Gasteiger partial charge is 0.312 e. The highest BCUT2D eigenvalue weighted by Gasteiger charge is 2.35. The number of aryl methyl sites for hydroxylation is 6. The van der Waals surface area contributed by atoms with E-state index in [0.717, 1.165) is 128 Å². The van der Waals surface area contributed by atoms with Gasteiger partial charge >= 0.3 is 0 Å². The molecule has 0 saturated carbocycles. The molecular formula is C68H68Cl4N16O8S4. The number of hydrogen-bond donors (Lipinski definition) is 2. The molecular weight excluding hydrogens is 1440 g/mol. The van der Waals surface area contributed by atoms with Gasteiger partial charge in [-0.3, -0.25) is 0 Å². The Hall–Kier alpha value is -7.84.